The van der Waals surface area contributed by atoms with Gasteiger partial charge in [0.25, 0.3) is 5.91 Å². The van der Waals surface area contributed by atoms with Gasteiger partial charge in [-0.2, -0.15) is 0 Å². The summed E-state index contributed by atoms with van der Waals surface area (Å²) in [6, 6.07) is 18.9. The number of hydrogen-bond acceptors (Lipinski definition) is 6. The number of aromatic nitrogens is 4. The number of likely N-dealkylation sites (N-methyl/N-ethyl adjacent to an activating group) is 1. The van der Waals surface area contributed by atoms with Gasteiger partial charge in [0, 0.05) is 49.9 Å². The zero-order chi connectivity index (χ0) is 28.8. The highest BCUT2D eigenvalue weighted by molar-refractivity contribution is 6.08. The fourth-order valence-electron chi connectivity index (χ4n) is 6.11. The second-order valence-electron chi connectivity index (χ2n) is 11.5. The molecule has 2 aromatic carbocycles. The van der Waals surface area contributed by atoms with Gasteiger partial charge >= 0.3 is 5.97 Å². The van der Waals surface area contributed by atoms with Crippen LogP contribution in [-0.2, 0) is 13.6 Å². The molecule has 3 aromatic heterocycles. The lowest BCUT2D eigenvalue weighted by Gasteiger charge is -2.32. The molecule has 42 heavy (non-hydrogen) atoms. The van der Waals surface area contributed by atoms with Gasteiger partial charge < -0.3 is 24.1 Å². The Kier molecular flexibility index (Phi) is 6.74. The first-order chi connectivity index (χ1) is 20.5. The molecule has 1 amide bonds. The number of piperidine rings is 1. The van der Waals surface area contributed by atoms with Crippen molar-refractivity contribution in [1.82, 2.24) is 29.3 Å². The lowest BCUT2D eigenvalue weighted by Crippen LogP contribution is -2.47. The summed E-state index contributed by atoms with van der Waals surface area (Å²) < 4.78 is 9.98. The number of likely N-dealkylation sites (tertiary alicyclic amines) is 1. The average Bonchev–Trinajstić information content (AvgIpc) is 3.69. The largest absolute Gasteiger partial charge is 0.423 e. The molecule has 1 saturated heterocycles. The summed E-state index contributed by atoms with van der Waals surface area (Å²) in [4.78, 5) is 39.1. The molecule has 1 saturated carbocycles. The summed E-state index contributed by atoms with van der Waals surface area (Å²) in [6.45, 7) is 2.17. The molecule has 2 fully saturated rings. The highest BCUT2D eigenvalue weighted by atomic mass is 16.5. The van der Waals surface area contributed by atoms with Gasteiger partial charge in [-0.05, 0) is 81.1 Å². The van der Waals surface area contributed by atoms with Crippen molar-refractivity contribution in [2.45, 2.75) is 38.3 Å². The number of fused-ring (bicyclic) bond motifs is 2. The van der Waals surface area contributed by atoms with E-state index >= 15 is 0 Å². The Morgan fingerprint density at radius 1 is 1.05 bits per heavy atom. The van der Waals surface area contributed by atoms with Gasteiger partial charge in [0.05, 0.1) is 22.3 Å². The fraction of sp³-hybridized carbons (Fsp3) is 0.333. The van der Waals surface area contributed by atoms with E-state index in [1.807, 2.05) is 60.1 Å². The van der Waals surface area contributed by atoms with Crippen LogP contribution < -0.4 is 10.1 Å². The fourth-order valence-corrected chi connectivity index (χ4v) is 6.11. The summed E-state index contributed by atoms with van der Waals surface area (Å²) >= 11 is 0. The average molecular weight is 563 g/mol. The zero-order valence-electron chi connectivity index (χ0n) is 23.9. The molecule has 0 spiro atoms. The molecule has 2 aliphatic rings. The molecule has 4 heterocycles. The van der Waals surface area contributed by atoms with Gasteiger partial charge in [-0.3, -0.25) is 4.79 Å². The Morgan fingerprint density at radius 3 is 2.67 bits per heavy atom. The number of para-hydroxylation sites is 1. The topological polar surface area (TPSA) is 94.3 Å². The van der Waals surface area contributed by atoms with Crippen LogP contribution in [0.2, 0.25) is 0 Å². The van der Waals surface area contributed by atoms with Crippen molar-refractivity contribution >= 4 is 33.9 Å². The predicted molar refractivity (Wildman–Crippen MR) is 162 cm³/mol. The summed E-state index contributed by atoms with van der Waals surface area (Å²) in [5.41, 5.74) is 3.82. The molecule has 0 unspecified atom stereocenters. The van der Waals surface area contributed by atoms with Crippen molar-refractivity contribution in [1.29, 1.82) is 0 Å². The number of aryl methyl sites for hydroxylation is 1. The lowest BCUT2D eigenvalue weighted by atomic mass is 10.0. The molecule has 1 N–H and O–H groups in total. The SMILES string of the molecule is CN[C@@H]1CCCN(C(=O)c2cc(C(=O)Oc3ccccc3)c3c(c2)nc(-c2cc4cccnc4n2CC2CC2)n3C)C1. The van der Waals surface area contributed by atoms with Crippen LogP contribution in [0.5, 0.6) is 5.75 Å². The molecule has 214 valence electrons. The lowest BCUT2D eigenvalue weighted by molar-refractivity contribution is 0.0698. The number of pyridine rings is 1. The molecule has 7 rings (SSSR count). The Balaban J connectivity index is 1.37. The minimum absolute atomic E-state index is 0.107. The molecule has 1 aliphatic carbocycles. The molecule has 1 aliphatic heterocycles. The van der Waals surface area contributed by atoms with E-state index in [0.29, 0.717) is 46.9 Å². The van der Waals surface area contributed by atoms with Crippen LogP contribution in [0.1, 0.15) is 46.4 Å². The standard InChI is InChI=1S/C33H34N6O3/c1-34-24-9-7-15-38(20-24)32(40)23-16-26(33(41)42-25-10-4-3-5-11-25)29-27(17-23)36-31(37(29)2)28-18-22-8-6-14-35-30(22)39(28)19-21-12-13-21/h3-6,8,10-11,14,16-18,21,24,34H,7,9,12-13,15,19-20H2,1-2H3/t24-/m1/s1. The molecular formula is C33H34N6O3. The molecule has 9 nitrogen and oxygen atoms in total. The Bertz CT molecular complexity index is 1800. The number of benzene rings is 2. The maximum atomic E-state index is 13.8. The van der Waals surface area contributed by atoms with Gasteiger partial charge in [-0.1, -0.05) is 18.2 Å². The first kappa shape index (κ1) is 26.4. The number of esters is 1. The quantitative estimate of drug-likeness (QED) is 0.221. The predicted octanol–water partition coefficient (Wildman–Crippen LogP) is 5.04. The van der Waals surface area contributed by atoms with Crippen molar-refractivity contribution in [2.75, 3.05) is 20.1 Å². The van der Waals surface area contributed by atoms with Gasteiger partial charge in [0.15, 0.2) is 5.82 Å². The summed E-state index contributed by atoms with van der Waals surface area (Å²) in [7, 11) is 3.84. The van der Waals surface area contributed by atoms with Crippen LogP contribution in [0.15, 0.2) is 66.9 Å². The van der Waals surface area contributed by atoms with E-state index in [2.05, 4.69) is 27.0 Å². The number of ether oxygens (including phenoxy) is 1. The highest BCUT2D eigenvalue weighted by Gasteiger charge is 2.29. The monoisotopic (exact) mass is 562 g/mol. The first-order valence-electron chi connectivity index (χ1n) is 14.7. The van der Waals surface area contributed by atoms with Gasteiger partial charge in [0.1, 0.15) is 11.4 Å². The maximum Gasteiger partial charge on any atom is 0.345 e. The van der Waals surface area contributed by atoms with E-state index in [1.165, 1.54) is 12.8 Å². The van der Waals surface area contributed by atoms with Crippen molar-refractivity contribution < 1.29 is 14.3 Å². The molecule has 0 radical (unpaired) electrons. The second-order valence-corrected chi connectivity index (χ2v) is 11.5. The normalized spacial score (nSPS) is 17.2. The van der Waals surface area contributed by atoms with E-state index < -0.39 is 5.97 Å². The van der Waals surface area contributed by atoms with Crippen LogP contribution >= 0.6 is 0 Å². The van der Waals surface area contributed by atoms with Crippen LogP contribution in [0.4, 0.5) is 0 Å². The Labute approximate surface area is 244 Å². The zero-order valence-corrected chi connectivity index (χ0v) is 23.9. The Morgan fingerprint density at radius 2 is 1.88 bits per heavy atom. The first-order valence-corrected chi connectivity index (χ1v) is 14.7. The molecular weight excluding hydrogens is 528 g/mol. The van der Waals surface area contributed by atoms with Crippen LogP contribution in [-0.4, -0.2) is 62.1 Å². The number of hydrogen-bond donors (Lipinski definition) is 1. The van der Waals surface area contributed by atoms with E-state index in [4.69, 9.17) is 9.72 Å². The smallest absolute Gasteiger partial charge is 0.345 e. The number of nitrogens with zero attached hydrogens (tertiary/aromatic N) is 5. The van der Waals surface area contributed by atoms with Gasteiger partial charge in [-0.25, -0.2) is 14.8 Å². The summed E-state index contributed by atoms with van der Waals surface area (Å²) in [6.07, 6.45) is 6.19. The van der Waals surface area contributed by atoms with Crippen molar-refractivity contribution in [3.05, 3.63) is 78.0 Å². The third-order valence-electron chi connectivity index (χ3n) is 8.53. The number of imidazole rings is 1. The van der Waals surface area contributed by atoms with E-state index in [0.717, 1.165) is 41.9 Å². The van der Waals surface area contributed by atoms with Crippen molar-refractivity contribution in [2.24, 2.45) is 13.0 Å². The maximum absolute atomic E-state index is 13.8. The van der Waals surface area contributed by atoms with Crippen LogP contribution in [0.25, 0.3) is 33.6 Å². The third-order valence-corrected chi connectivity index (χ3v) is 8.53. The van der Waals surface area contributed by atoms with Crippen LogP contribution in [0.3, 0.4) is 0 Å². The van der Waals surface area contributed by atoms with E-state index in [9.17, 15) is 9.59 Å². The third kappa shape index (κ3) is 4.83. The highest BCUT2D eigenvalue weighted by Crippen LogP contribution is 2.36. The molecule has 5 aromatic rings. The van der Waals surface area contributed by atoms with Crippen LogP contribution in [0, 0.1) is 5.92 Å². The summed E-state index contributed by atoms with van der Waals surface area (Å²) in [5.74, 6) is 1.16. The van der Waals surface area contributed by atoms with Gasteiger partial charge in [-0.15, -0.1) is 0 Å². The Hall–Kier alpha value is -4.50. The minimum Gasteiger partial charge on any atom is -0.423 e. The van der Waals surface area contributed by atoms with E-state index in [1.54, 1.807) is 18.2 Å². The number of rotatable bonds is 7. The summed E-state index contributed by atoms with van der Waals surface area (Å²) in [5, 5.41) is 4.34. The molecule has 9 heteroatoms. The van der Waals surface area contributed by atoms with Gasteiger partial charge in [0.2, 0.25) is 0 Å². The number of carbonyl (C=O) groups excluding carboxylic acids is 2. The molecule has 0 bridgehead atoms. The minimum atomic E-state index is -0.526. The number of amides is 1. The van der Waals surface area contributed by atoms with Crippen molar-refractivity contribution in [3.63, 3.8) is 0 Å². The number of carbonyl (C=O) groups is 2. The van der Waals surface area contributed by atoms with Crippen molar-refractivity contribution in [3.8, 4) is 17.3 Å². The molecule has 1 atom stereocenters. The number of nitrogens with one attached hydrogen (secondary N) is 1. The van der Waals surface area contributed by atoms with E-state index in [-0.39, 0.29) is 11.9 Å². The second kappa shape index (κ2) is 10.7.